The van der Waals surface area contributed by atoms with Gasteiger partial charge in [-0.3, -0.25) is 0 Å². The topological polar surface area (TPSA) is 16.9 Å². The summed E-state index contributed by atoms with van der Waals surface area (Å²) in [4.78, 5) is 3.93. The number of nitrogens with one attached hydrogen (secondary N) is 1. The molecule has 2 aromatic carbocycles. The quantitative estimate of drug-likeness (QED) is 0.412. The molecule has 204 valence electrons. The highest BCUT2D eigenvalue weighted by molar-refractivity contribution is 6.30. The molecule has 0 bridgehead atoms. The van der Waals surface area contributed by atoms with E-state index in [1.54, 1.807) is 4.90 Å². The van der Waals surface area contributed by atoms with Crippen LogP contribution in [0.5, 0.6) is 0 Å². The number of aryl methyl sites for hydroxylation is 1. The minimum absolute atomic E-state index is 0.405. The van der Waals surface area contributed by atoms with Crippen LogP contribution in [-0.4, -0.2) is 39.4 Å². The Morgan fingerprint density at radius 3 is 1.97 bits per heavy atom. The Balaban J connectivity index is 0.000000305. The van der Waals surface area contributed by atoms with Crippen LogP contribution in [0.4, 0.5) is 11.4 Å². The molecule has 1 N–H and O–H groups in total. The molecule has 1 spiro atoms. The normalized spacial score (nSPS) is 21.2. The Morgan fingerprint density at radius 2 is 1.42 bits per heavy atom. The molecule has 1 saturated carbocycles. The summed E-state index contributed by atoms with van der Waals surface area (Å²) in [5.41, 5.74) is 6.05. The molecule has 5 rings (SSSR count). The van der Waals surface area contributed by atoms with Crippen molar-refractivity contribution in [2.45, 2.75) is 99.0 Å². The molecule has 2 aliphatic heterocycles. The van der Waals surface area contributed by atoms with E-state index in [2.05, 4.69) is 62.2 Å². The lowest BCUT2D eigenvalue weighted by Crippen LogP contribution is -3.07. The zero-order chi connectivity index (χ0) is 27.1. The van der Waals surface area contributed by atoms with Gasteiger partial charge in [0.25, 0.3) is 0 Å². The van der Waals surface area contributed by atoms with Crippen molar-refractivity contribution in [2.75, 3.05) is 38.3 Å². The van der Waals surface area contributed by atoms with Crippen LogP contribution in [0, 0.1) is 6.92 Å². The van der Waals surface area contributed by atoms with Crippen molar-refractivity contribution in [3.63, 3.8) is 0 Å². The van der Waals surface area contributed by atoms with Crippen molar-refractivity contribution in [1.82, 2.24) is 0 Å². The average molecular weight is 518 g/mol. The van der Waals surface area contributed by atoms with E-state index in [9.17, 15) is 0 Å². The number of hydrogen-bond donors (Lipinski definition) is 1. The molecule has 2 atom stereocenters. The lowest BCUT2D eigenvalue weighted by Gasteiger charge is -2.36. The maximum Gasteiger partial charge on any atom is 0.135 e. The Labute approximate surface area is 228 Å². The van der Waals surface area contributed by atoms with Crippen LogP contribution < -0.4 is 9.80 Å². The molecule has 0 amide bonds. The van der Waals surface area contributed by atoms with Gasteiger partial charge >= 0.3 is 0 Å². The molecular weight excluding hydrogens is 464 g/mol. The van der Waals surface area contributed by atoms with Crippen LogP contribution in [-0.2, 0) is 10.2 Å². The minimum atomic E-state index is 0.405. The number of nitrogens with zero attached hydrogens (tertiary/aromatic N) is 1. The SMILES string of the molecule is CC.CC.CC.CC1[NH+](C)c2ccc(Cl)cc2C12CCCCC2.Cc1ccc(N2CCOCC2)cc1. The molecule has 3 nitrogen and oxygen atoms in total. The number of ether oxygens (including phenoxy) is 1. The summed E-state index contributed by atoms with van der Waals surface area (Å²) >= 11 is 6.21. The van der Waals surface area contributed by atoms with Gasteiger partial charge in [0.05, 0.1) is 31.7 Å². The van der Waals surface area contributed by atoms with Crippen molar-refractivity contribution in [3.8, 4) is 0 Å². The summed E-state index contributed by atoms with van der Waals surface area (Å²) in [6.07, 6.45) is 6.86. The first-order chi connectivity index (χ1) is 17.5. The van der Waals surface area contributed by atoms with E-state index in [0.717, 1.165) is 31.3 Å². The maximum absolute atomic E-state index is 6.21. The molecule has 1 aliphatic carbocycles. The predicted octanol–water partition coefficient (Wildman–Crippen LogP) is 8.00. The number of likely N-dealkylation sites (N-methyl/N-ethyl adjacent to an activating group) is 1. The summed E-state index contributed by atoms with van der Waals surface area (Å²) in [7, 11) is 2.31. The van der Waals surface area contributed by atoms with E-state index in [0.29, 0.717) is 11.5 Å². The molecule has 1 saturated heterocycles. The van der Waals surface area contributed by atoms with Crippen molar-refractivity contribution in [2.24, 2.45) is 0 Å². The van der Waals surface area contributed by atoms with Crippen molar-refractivity contribution in [1.29, 1.82) is 0 Å². The standard InChI is InChI=1S/C15H20ClN.C11H15NO.3C2H6/c1-11-15(8-4-3-5-9-15)13-10-12(16)6-7-14(13)17(11)2;1-10-2-4-11(5-3-10)12-6-8-13-9-7-12;3*1-2/h6-7,10-11H,3-5,8-9H2,1-2H3;2-5H,6-9H2,1H3;3*1-2H3/p+1. The second kappa shape index (κ2) is 17.1. The molecule has 0 aromatic heterocycles. The van der Waals surface area contributed by atoms with Crippen molar-refractivity contribution < 1.29 is 9.64 Å². The van der Waals surface area contributed by atoms with Crippen molar-refractivity contribution >= 4 is 23.0 Å². The zero-order valence-corrected chi connectivity index (χ0v) is 25.5. The minimum Gasteiger partial charge on any atom is -0.378 e. The smallest absolute Gasteiger partial charge is 0.135 e. The van der Waals surface area contributed by atoms with Gasteiger partial charge in [-0.15, -0.1) is 0 Å². The van der Waals surface area contributed by atoms with E-state index in [1.807, 2.05) is 47.6 Å². The number of benzene rings is 2. The van der Waals surface area contributed by atoms with Gasteiger partial charge in [0.15, 0.2) is 0 Å². The number of halogens is 1. The number of anilines is 1. The van der Waals surface area contributed by atoms with Gasteiger partial charge in [0.1, 0.15) is 5.69 Å². The Kier molecular flexibility index (Phi) is 15.4. The van der Waals surface area contributed by atoms with E-state index in [1.165, 1.54) is 54.6 Å². The monoisotopic (exact) mass is 517 g/mol. The predicted molar refractivity (Wildman–Crippen MR) is 160 cm³/mol. The number of rotatable bonds is 1. The fourth-order valence-electron chi connectivity index (χ4n) is 5.62. The maximum atomic E-state index is 6.21. The zero-order valence-electron chi connectivity index (χ0n) is 24.7. The number of quaternary nitrogens is 1. The molecular formula is C32H54ClN2O+. The molecule has 2 fully saturated rings. The number of morpholine rings is 1. The number of hydrogen-bond acceptors (Lipinski definition) is 2. The lowest BCUT2D eigenvalue weighted by molar-refractivity contribution is -0.835. The van der Waals surface area contributed by atoms with Gasteiger partial charge in [-0.05, 0) is 51.0 Å². The average Bonchev–Trinajstić information content (AvgIpc) is 3.15. The fraction of sp³-hybridized carbons (Fsp3) is 0.625. The Bertz CT molecular complexity index is 840. The van der Waals surface area contributed by atoms with Gasteiger partial charge in [0, 0.05) is 35.4 Å². The Hall–Kier alpha value is -1.55. The molecule has 2 unspecified atom stereocenters. The van der Waals surface area contributed by atoms with E-state index in [-0.39, 0.29) is 0 Å². The number of fused-ring (bicyclic) bond motifs is 2. The van der Waals surface area contributed by atoms with Crippen LogP contribution >= 0.6 is 11.6 Å². The third-order valence-corrected chi connectivity index (χ3v) is 7.81. The van der Waals surface area contributed by atoms with E-state index in [4.69, 9.17) is 16.3 Å². The summed E-state index contributed by atoms with van der Waals surface area (Å²) in [6.45, 7) is 20.3. The van der Waals surface area contributed by atoms with Gasteiger partial charge in [0.2, 0.25) is 0 Å². The Morgan fingerprint density at radius 1 is 0.861 bits per heavy atom. The molecule has 2 aromatic rings. The highest BCUT2D eigenvalue weighted by Gasteiger charge is 2.51. The summed E-state index contributed by atoms with van der Waals surface area (Å²) < 4.78 is 5.30. The van der Waals surface area contributed by atoms with E-state index >= 15 is 0 Å². The highest BCUT2D eigenvalue weighted by Crippen LogP contribution is 2.47. The van der Waals surface area contributed by atoms with Crippen LogP contribution in [0.3, 0.4) is 0 Å². The first-order valence-corrected chi connectivity index (χ1v) is 14.9. The third kappa shape index (κ3) is 7.97. The van der Waals surface area contributed by atoms with Crippen LogP contribution in [0.1, 0.15) is 91.7 Å². The highest BCUT2D eigenvalue weighted by atomic mass is 35.5. The van der Waals surface area contributed by atoms with Gasteiger partial charge in [-0.2, -0.15) is 0 Å². The molecule has 0 radical (unpaired) electrons. The summed E-state index contributed by atoms with van der Waals surface area (Å²) in [6, 6.07) is 15.9. The van der Waals surface area contributed by atoms with Crippen LogP contribution in [0.2, 0.25) is 5.02 Å². The first-order valence-electron chi connectivity index (χ1n) is 14.5. The second-order valence-electron chi connectivity index (χ2n) is 9.25. The largest absolute Gasteiger partial charge is 0.378 e. The second-order valence-corrected chi connectivity index (χ2v) is 9.68. The molecule has 36 heavy (non-hydrogen) atoms. The lowest BCUT2D eigenvalue weighted by atomic mass is 9.67. The third-order valence-electron chi connectivity index (χ3n) is 7.58. The fourth-order valence-corrected chi connectivity index (χ4v) is 5.79. The molecule has 2 heterocycles. The van der Waals surface area contributed by atoms with E-state index < -0.39 is 0 Å². The van der Waals surface area contributed by atoms with Gasteiger partial charge < -0.3 is 14.5 Å². The molecule has 3 aliphatic rings. The van der Waals surface area contributed by atoms with Gasteiger partial charge in [-0.1, -0.05) is 90.1 Å². The van der Waals surface area contributed by atoms with Crippen LogP contribution in [0.25, 0.3) is 0 Å². The summed E-state index contributed by atoms with van der Waals surface area (Å²) in [5.74, 6) is 0. The summed E-state index contributed by atoms with van der Waals surface area (Å²) in [5, 5.41) is 0.899. The first kappa shape index (κ1) is 32.5. The van der Waals surface area contributed by atoms with Gasteiger partial charge in [-0.25, -0.2) is 0 Å². The molecule has 4 heteroatoms. The van der Waals surface area contributed by atoms with Crippen LogP contribution in [0.15, 0.2) is 42.5 Å². The van der Waals surface area contributed by atoms with Crippen molar-refractivity contribution in [3.05, 3.63) is 58.6 Å².